The van der Waals surface area contributed by atoms with Gasteiger partial charge in [0.25, 0.3) is 11.6 Å². The van der Waals surface area contributed by atoms with Gasteiger partial charge in [0, 0.05) is 30.9 Å². The summed E-state index contributed by atoms with van der Waals surface area (Å²) in [5.74, 6) is 0.125. The van der Waals surface area contributed by atoms with Crippen LogP contribution in [0.3, 0.4) is 0 Å². The van der Waals surface area contributed by atoms with E-state index in [1.165, 1.54) is 0 Å². The summed E-state index contributed by atoms with van der Waals surface area (Å²) in [5, 5.41) is 8.90. The largest absolute Gasteiger partial charge is 0.336 e. The van der Waals surface area contributed by atoms with Crippen molar-refractivity contribution in [2.45, 2.75) is 25.8 Å². The molecular formula is C20H22Cl2N4O2. The number of rotatable bonds is 3. The molecule has 1 aliphatic rings. The molecule has 6 nitrogen and oxygen atoms in total. The predicted molar refractivity (Wildman–Crippen MR) is 111 cm³/mol. The van der Waals surface area contributed by atoms with Crippen molar-refractivity contribution in [2.75, 3.05) is 19.6 Å². The second-order valence-electron chi connectivity index (χ2n) is 7.04. The van der Waals surface area contributed by atoms with E-state index in [0.29, 0.717) is 29.4 Å². The van der Waals surface area contributed by atoms with Crippen molar-refractivity contribution in [3.8, 4) is 0 Å². The van der Waals surface area contributed by atoms with Crippen LogP contribution in [0.15, 0.2) is 41.1 Å². The number of benzene rings is 1. The lowest BCUT2D eigenvalue weighted by molar-refractivity contribution is 0.0634. The summed E-state index contributed by atoms with van der Waals surface area (Å²) in [6.45, 7) is 6.08. The van der Waals surface area contributed by atoms with Gasteiger partial charge in [-0.15, -0.1) is 12.4 Å². The molecule has 148 valence electrons. The first-order valence-corrected chi connectivity index (χ1v) is 9.45. The van der Waals surface area contributed by atoms with Gasteiger partial charge in [0.05, 0.1) is 22.7 Å². The fourth-order valence-corrected chi connectivity index (χ4v) is 3.78. The average Bonchev–Trinajstić information content (AvgIpc) is 3.11. The summed E-state index contributed by atoms with van der Waals surface area (Å²) in [5.41, 5.74) is 2.75. The zero-order valence-electron chi connectivity index (χ0n) is 15.7. The molecule has 1 unspecified atom stereocenters. The molecule has 0 aliphatic carbocycles. The van der Waals surface area contributed by atoms with E-state index in [-0.39, 0.29) is 30.3 Å². The quantitative estimate of drug-likeness (QED) is 0.686. The van der Waals surface area contributed by atoms with E-state index < -0.39 is 0 Å². The number of fused-ring (bicyclic) bond motifs is 1. The highest BCUT2D eigenvalue weighted by Crippen LogP contribution is 2.30. The molecule has 4 rings (SSSR count). The Balaban J connectivity index is 0.00000225. The predicted octanol–water partition coefficient (Wildman–Crippen LogP) is 4.21. The summed E-state index contributed by atoms with van der Waals surface area (Å²) in [7, 11) is 0. The highest BCUT2D eigenvalue weighted by atomic mass is 35.5. The Hall–Kier alpha value is -2.15. The number of pyridine rings is 1. The molecule has 3 heterocycles. The molecule has 1 atom stereocenters. The van der Waals surface area contributed by atoms with Gasteiger partial charge in [0.1, 0.15) is 0 Å². The molecule has 1 aliphatic heterocycles. The van der Waals surface area contributed by atoms with E-state index in [4.69, 9.17) is 16.1 Å². The Morgan fingerprint density at radius 1 is 1.36 bits per heavy atom. The smallest absolute Gasteiger partial charge is 0.257 e. The van der Waals surface area contributed by atoms with Gasteiger partial charge in [-0.1, -0.05) is 48.8 Å². The van der Waals surface area contributed by atoms with Crippen LogP contribution in [0, 0.1) is 0 Å². The van der Waals surface area contributed by atoms with Crippen LogP contribution < -0.4 is 5.32 Å². The second kappa shape index (κ2) is 8.47. The molecule has 28 heavy (non-hydrogen) atoms. The first-order valence-electron chi connectivity index (χ1n) is 9.07. The molecule has 1 amide bonds. The van der Waals surface area contributed by atoms with Crippen molar-refractivity contribution >= 4 is 41.0 Å². The Kier molecular flexibility index (Phi) is 6.23. The minimum atomic E-state index is -0.123. The van der Waals surface area contributed by atoms with Crippen LogP contribution in [0.2, 0.25) is 5.02 Å². The Morgan fingerprint density at radius 3 is 2.89 bits per heavy atom. The normalized spacial score (nSPS) is 17.0. The molecule has 1 fully saturated rings. The minimum Gasteiger partial charge on any atom is -0.336 e. The zero-order chi connectivity index (χ0) is 19.0. The molecule has 1 saturated heterocycles. The standard InChI is InChI=1S/C20H21ClN4O2.ClH/c1-12(2)18-15-9-13(10-23-19(15)27-24-18)20(26)25-8-7-22-11-17(25)14-5-3-4-6-16(14)21;/h3-6,9-10,12,17,22H,7-8,11H2,1-2H3;1H. The Bertz CT molecular complexity index is 989. The monoisotopic (exact) mass is 420 g/mol. The average molecular weight is 421 g/mol. The number of piperazine rings is 1. The van der Waals surface area contributed by atoms with Crippen molar-refractivity contribution in [1.29, 1.82) is 0 Å². The SMILES string of the molecule is CC(C)c1noc2ncc(C(=O)N3CCNCC3c3ccccc3Cl)cc12.Cl. The van der Waals surface area contributed by atoms with Crippen molar-refractivity contribution in [1.82, 2.24) is 20.4 Å². The number of carbonyl (C=O) groups excluding carboxylic acids is 1. The molecule has 0 bridgehead atoms. The van der Waals surface area contributed by atoms with Crippen LogP contribution in [0.5, 0.6) is 0 Å². The van der Waals surface area contributed by atoms with Gasteiger partial charge in [-0.3, -0.25) is 4.79 Å². The summed E-state index contributed by atoms with van der Waals surface area (Å²) < 4.78 is 5.28. The van der Waals surface area contributed by atoms with E-state index in [0.717, 1.165) is 23.2 Å². The lowest BCUT2D eigenvalue weighted by Gasteiger charge is -2.37. The van der Waals surface area contributed by atoms with Gasteiger partial charge in [0.15, 0.2) is 0 Å². The van der Waals surface area contributed by atoms with Crippen LogP contribution in [0.1, 0.15) is 47.4 Å². The first kappa shape index (κ1) is 20.6. The molecule has 0 saturated carbocycles. The fourth-order valence-electron chi connectivity index (χ4n) is 3.52. The van der Waals surface area contributed by atoms with Gasteiger partial charge in [-0.25, -0.2) is 4.98 Å². The minimum absolute atomic E-state index is 0. The fraction of sp³-hybridized carbons (Fsp3) is 0.350. The van der Waals surface area contributed by atoms with Crippen LogP contribution in [-0.2, 0) is 0 Å². The van der Waals surface area contributed by atoms with Gasteiger partial charge in [0.2, 0.25) is 0 Å². The van der Waals surface area contributed by atoms with E-state index in [1.807, 2.05) is 49.1 Å². The Morgan fingerprint density at radius 2 is 2.14 bits per heavy atom. The zero-order valence-corrected chi connectivity index (χ0v) is 17.3. The van der Waals surface area contributed by atoms with Gasteiger partial charge >= 0.3 is 0 Å². The number of hydrogen-bond acceptors (Lipinski definition) is 5. The highest BCUT2D eigenvalue weighted by molar-refractivity contribution is 6.31. The summed E-state index contributed by atoms with van der Waals surface area (Å²) in [6, 6.07) is 9.38. The summed E-state index contributed by atoms with van der Waals surface area (Å²) >= 11 is 6.39. The second-order valence-corrected chi connectivity index (χ2v) is 7.45. The summed E-state index contributed by atoms with van der Waals surface area (Å²) in [4.78, 5) is 19.5. The Labute approximate surface area is 174 Å². The number of nitrogens with one attached hydrogen (secondary N) is 1. The topological polar surface area (TPSA) is 71.3 Å². The van der Waals surface area contributed by atoms with Gasteiger partial charge in [-0.05, 0) is 23.6 Å². The van der Waals surface area contributed by atoms with Crippen LogP contribution in [0.4, 0.5) is 0 Å². The maximum atomic E-state index is 13.3. The van der Waals surface area contributed by atoms with E-state index in [2.05, 4.69) is 15.5 Å². The molecule has 1 aromatic carbocycles. The number of amides is 1. The van der Waals surface area contributed by atoms with E-state index in [1.54, 1.807) is 6.20 Å². The molecule has 0 radical (unpaired) electrons. The number of halogens is 2. The van der Waals surface area contributed by atoms with Gasteiger partial charge in [-0.2, -0.15) is 0 Å². The van der Waals surface area contributed by atoms with Crippen LogP contribution in [0.25, 0.3) is 11.1 Å². The number of carbonyl (C=O) groups is 1. The lowest BCUT2D eigenvalue weighted by Crippen LogP contribution is -2.48. The van der Waals surface area contributed by atoms with E-state index >= 15 is 0 Å². The molecule has 1 N–H and O–H groups in total. The molecule has 3 aromatic rings. The molecule has 0 spiro atoms. The highest BCUT2D eigenvalue weighted by Gasteiger charge is 2.30. The van der Waals surface area contributed by atoms with Crippen molar-refractivity contribution in [3.63, 3.8) is 0 Å². The number of nitrogens with zero attached hydrogens (tertiary/aromatic N) is 3. The number of aromatic nitrogens is 2. The van der Waals surface area contributed by atoms with Crippen LogP contribution >= 0.6 is 24.0 Å². The van der Waals surface area contributed by atoms with Gasteiger partial charge < -0.3 is 14.7 Å². The molecule has 8 heteroatoms. The molecule has 2 aromatic heterocycles. The van der Waals surface area contributed by atoms with Crippen molar-refractivity contribution < 1.29 is 9.32 Å². The first-order chi connectivity index (χ1) is 13.1. The summed E-state index contributed by atoms with van der Waals surface area (Å²) in [6.07, 6.45) is 1.56. The van der Waals surface area contributed by atoms with E-state index in [9.17, 15) is 4.79 Å². The maximum absolute atomic E-state index is 13.3. The van der Waals surface area contributed by atoms with Crippen molar-refractivity contribution in [3.05, 3.63) is 58.4 Å². The maximum Gasteiger partial charge on any atom is 0.257 e. The third kappa shape index (κ3) is 3.72. The molecular weight excluding hydrogens is 399 g/mol. The third-order valence-electron chi connectivity index (χ3n) is 4.92. The number of hydrogen-bond donors (Lipinski definition) is 1. The third-order valence-corrected chi connectivity index (χ3v) is 5.26. The van der Waals surface area contributed by atoms with Crippen LogP contribution in [-0.4, -0.2) is 40.6 Å². The lowest BCUT2D eigenvalue weighted by atomic mass is 10.0. The van der Waals surface area contributed by atoms with Crippen molar-refractivity contribution in [2.24, 2.45) is 0 Å².